The first-order chi connectivity index (χ1) is 15.7. The second-order valence-electron chi connectivity index (χ2n) is 6.38. The Morgan fingerprint density at radius 2 is 2.12 bits per heavy atom. The first-order valence-corrected chi connectivity index (χ1v) is 8.77. The van der Waals surface area contributed by atoms with Crippen molar-refractivity contribution in [3.63, 3.8) is 0 Å². The van der Waals surface area contributed by atoms with Crippen molar-refractivity contribution in [1.82, 2.24) is 15.2 Å². The molecular weight excluding hydrogens is 322 g/mol. The second kappa shape index (κ2) is 7.60. The van der Waals surface area contributed by atoms with Crippen molar-refractivity contribution in [3.05, 3.63) is 65.9 Å². The lowest BCUT2D eigenvalue weighted by Crippen LogP contribution is -2.28. The molecule has 26 heavy (non-hydrogen) atoms. The monoisotopic (exact) mass is 354 g/mol. The maximum atomic E-state index is 8.42. The van der Waals surface area contributed by atoms with E-state index in [0.29, 0.717) is 12.2 Å². The van der Waals surface area contributed by atoms with E-state index >= 15 is 0 Å². The van der Waals surface area contributed by atoms with Gasteiger partial charge in [0.25, 0.3) is 0 Å². The number of hydrogen-bond acceptors (Lipinski definition) is 4. The third-order valence-corrected chi connectivity index (χ3v) is 4.44. The highest BCUT2D eigenvalue weighted by Gasteiger charge is 2.27. The van der Waals surface area contributed by atoms with Crippen molar-refractivity contribution < 1.29 is 9.60 Å². The summed E-state index contributed by atoms with van der Waals surface area (Å²) in [5.41, 5.74) is 2.73. The molecule has 134 valence electrons. The number of aryl methyl sites for hydroxylation is 2. The molecule has 0 atom stereocenters. The third kappa shape index (κ3) is 3.57. The Morgan fingerprint density at radius 1 is 1.15 bits per heavy atom. The normalized spacial score (nSPS) is 17.0. The van der Waals surface area contributed by atoms with E-state index in [0.717, 1.165) is 37.1 Å². The van der Waals surface area contributed by atoms with E-state index in [1.54, 1.807) is 4.90 Å². The Morgan fingerprint density at radius 3 is 3.00 bits per heavy atom. The van der Waals surface area contributed by atoms with Crippen molar-refractivity contribution in [1.29, 1.82) is 0 Å². The van der Waals surface area contributed by atoms with E-state index in [-0.39, 0.29) is 60.6 Å². The van der Waals surface area contributed by atoms with E-state index < -0.39 is 0 Å². The minimum absolute atomic E-state index is 0.0969. The number of hydrogen-bond donors (Lipinski definition) is 1. The summed E-state index contributed by atoms with van der Waals surface area (Å²) in [6.45, 7) is 2.80. The second-order valence-corrected chi connectivity index (χ2v) is 6.38. The van der Waals surface area contributed by atoms with Crippen LogP contribution in [0.25, 0.3) is 0 Å². The SMILES string of the molecule is [2H]c1cc(N2CN(CCCCCc3cc(C)[nH]n3)c3c2nc([2H])c([2H])c3[2H])c([2H])c([2H])c1[2H]. The Bertz CT molecular complexity index is 1200. The van der Waals surface area contributed by atoms with Gasteiger partial charge in [0.15, 0.2) is 5.82 Å². The van der Waals surface area contributed by atoms with Crippen LogP contribution in [0.4, 0.5) is 17.2 Å². The van der Waals surface area contributed by atoms with Gasteiger partial charge in [0.2, 0.25) is 0 Å². The summed E-state index contributed by atoms with van der Waals surface area (Å²) in [5, 5.41) is 7.19. The number of nitrogens with one attached hydrogen (secondary N) is 1. The van der Waals surface area contributed by atoms with Crippen LogP contribution in [0.1, 0.15) is 40.2 Å². The predicted octanol–water partition coefficient (Wildman–Crippen LogP) is 4.44. The number of anilines is 3. The zero-order chi connectivity index (χ0) is 23.9. The number of unbranched alkanes of at least 4 members (excludes halogenated alkanes) is 2. The summed E-state index contributed by atoms with van der Waals surface area (Å²) in [5.74, 6) is 0.276. The van der Waals surface area contributed by atoms with Crippen molar-refractivity contribution in [2.45, 2.75) is 32.6 Å². The number of aromatic amines is 1. The summed E-state index contributed by atoms with van der Waals surface area (Å²) < 4.78 is 56.5. The Kier molecular flexibility index (Phi) is 3.03. The first-order valence-electron chi connectivity index (χ1n) is 12.3. The van der Waals surface area contributed by atoms with Crippen molar-refractivity contribution in [3.8, 4) is 0 Å². The number of nitrogens with zero attached hydrogens (tertiary/aromatic N) is 4. The van der Waals surface area contributed by atoms with Gasteiger partial charge in [-0.2, -0.15) is 5.10 Å². The lowest BCUT2D eigenvalue weighted by atomic mass is 10.1. The molecule has 4 rings (SSSR count). The zero-order valence-electron chi connectivity index (χ0n) is 21.7. The highest BCUT2D eigenvalue weighted by atomic mass is 15.4. The van der Waals surface area contributed by atoms with Crippen molar-refractivity contribution in [2.24, 2.45) is 0 Å². The van der Waals surface area contributed by atoms with Crippen LogP contribution in [-0.4, -0.2) is 28.4 Å². The van der Waals surface area contributed by atoms with Crippen LogP contribution in [0.5, 0.6) is 0 Å². The molecule has 0 fully saturated rings. The van der Waals surface area contributed by atoms with Gasteiger partial charge >= 0.3 is 0 Å². The maximum Gasteiger partial charge on any atom is 0.158 e. The molecule has 1 aromatic carbocycles. The van der Waals surface area contributed by atoms with E-state index in [9.17, 15) is 0 Å². The number of pyridine rings is 1. The smallest absolute Gasteiger partial charge is 0.158 e. The zero-order valence-corrected chi connectivity index (χ0v) is 14.7. The number of benzene rings is 1. The molecule has 1 N–H and O–H groups in total. The first kappa shape index (κ1) is 10.4. The van der Waals surface area contributed by atoms with Crippen LogP contribution in [0.2, 0.25) is 0 Å². The molecule has 5 heteroatoms. The molecule has 1 aliphatic heterocycles. The van der Waals surface area contributed by atoms with E-state index in [1.165, 1.54) is 6.07 Å². The molecule has 0 bridgehead atoms. The average Bonchev–Trinajstić information content (AvgIpc) is 3.36. The third-order valence-electron chi connectivity index (χ3n) is 4.44. The van der Waals surface area contributed by atoms with Gasteiger partial charge in [0.05, 0.1) is 27.6 Å². The van der Waals surface area contributed by atoms with Gasteiger partial charge in [-0.15, -0.1) is 0 Å². The fraction of sp³-hybridized carbons (Fsp3) is 0.333. The largest absolute Gasteiger partial charge is 0.350 e. The van der Waals surface area contributed by atoms with Gasteiger partial charge in [-0.05, 0) is 56.4 Å². The van der Waals surface area contributed by atoms with Gasteiger partial charge in [-0.25, -0.2) is 4.98 Å². The standard InChI is InChI=1S/C21H25N5/c1-17-15-18(24-23-17)9-4-3-7-14-25-16-26(19-10-5-2-6-11-19)21-20(25)12-8-13-22-21/h2,5-6,8,10-13,15H,3-4,7,9,14,16H2,1H3,(H,23,24)/i2D,5D,6D,8D,10D,12D,13D. The van der Waals surface area contributed by atoms with Gasteiger partial charge in [0, 0.05) is 24.1 Å². The number of fused-ring (bicyclic) bond motifs is 1. The molecule has 0 saturated heterocycles. The topological polar surface area (TPSA) is 48.0 Å². The predicted molar refractivity (Wildman–Crippen MR) is 106 cm³/mol. The van der Waals surface area contributed by atoms with Gasteiger partial charge in [-0.3, -0.25) is 5.10 Å². The average molecular weight is 355 g/mol. The summed E-state index contributed by atoms with van der Waals surface area (Å²) >= 11 is 0. The molecule has 0 spiro atoms. The molecule has 0 radical (unpaired) electrons. The van der Waals surface area contributed by atoms with Crippen LogP contribution >= 0.6 is 0 Å². The van der Waals surface area contributed by atoms with Crippen molar-refractivity contribution in [2.75, 3.05) is 23.0 Å². The maximum absolute atomic E-state index is 8.42. The summed E-state index contributed by atoms with van der Waals surface area (Å²) in [6, 6.07) is 1.99. The number of aromatic nitrogens is 3. The molecule has 0 unspecified atom stereocenters. The van der Waals surface area contributed by atoms with E-state index in [4.69, 9.17) is 9.60 Å². The highest BCUT2D eigenvalue weighted by molar-refractivity contribution is 5.78. The van der Waals surface area contributed by atoms with E-state index in [2.05, 4.69) is 15.2 Å². The summed E-state index contributed by atoms with van der Waals surface area (Å²) in [7, 11) is 0. The van der Waals surface area contributed by atoms with Crippen LogP contribution in [-0.2, 0) is 6.42 Å². The molecule has 1 aliphatic rings. The fourth-order valence-electron chi connectivity index (χ4n) is 3.17. The molecular formula is C21H25N5. The minimum Gasteiger partial charge on any atom is -0.350 e. The molecule has 2 aromatic heterocycles. The molecule has 0 amide bonds. The van der Waals surface area contributed by atoms with Gasteiger partial charge in [0.1, 0.15) is 0 Å². The fourth-order valence-corrected chi connectivity index (χ4v) is 3.17. The highest BCUT2D eigenvalue weighted by Crippen LogP contribution is 2.38. The molecule has 3 aromatic rings. The van der Waals surface area contributed by atoms with Crippen LogP contribution in [0, 0.1) is 6.92 Å². The number of H-pyrrole nitrogens is 1. The quantitative estimate of drug-likeness (QED) is 0.637. The summed E-state index contributed by atoms with van der Waals surface area (Å²) in [6.07, 6.45) is 3.27. The van der Waals surface area contributed by atoms with Crippen molar-refractivity contribution >= 4 is 17.2 Å². The van der Waals surface area contributed by atoms with Gasteiger partial charge < -0.3 is 9.80 Å². The Labute approximate surface area is 164 Å². The summed E-state index contributed by atoms with van der Waals surface area (Å²) in [4.78, 5) is 7.72. The van der Waals surface area contributed by atoms with Crippen LogP contribution in [0.3, 0.4) is 0 Å². The molecule has 0 aliphatic carbocycles. The Hall–Kier alpha value is -2.82. The van der Waals surface area contributed by atoms with Crippen LogP contribution < -0.4 is 9.80 Å². The Balaban J connectivity index is 1.56. The lowest BCUT2D eigenvalue weighted by Gasteiger charge is -2.21. The van der Waals surface area contributed by atoms with Crippen LogP contribution in [0.15, 0.2) is 54.6 Å². The van der Waals surface area contributed by atoms with Gasteiger partial charge in [-0.1, -0.05) is 24.5 Å². The molecule has 0 saturated carbocycles. The minimum atomic E-state index is -0.347. The van der Waals surface area contributed by atoms with E-state index in [1.807, 2.05) is 17.9 Å². The number of para-hydroxylation sites is 1. The molecule has 3 heterocycles. The lowest BCUT2D eigenvalue weighted by molar-refractivity contribution is 0.654. The molecule has 5 nitrogen and oxygen atoms in total. The number of rotatable bonds is 7.